The van der Waals surface area contributed by atoms with Crippen molar-refractivity contribution in [2.45, 2.75) is 6.92 Å². The topological polar surface area (TPSA) is 62.9 Å². The minimum Gasteiger partial charge on any atom is -0.313 e. The molecule has 0 heterocycles. The van der Waals surface area contributed by atoms with E-state index >= 15 is 0 Å². The molecule has 0 spiro atoms. The molecule has 4 heteroatoms. The Bertz CT molecular complexity index is 230. The van der Waals surface area contributed by atoms with Gasteiger partial charge in [-0.15, -0.1) is 0 Å². The number of nitriles is 2. The molecule has 1 N–H and O–H groups in total. The lowest BCUT2D eigenvalue weighted by atomic mass is 10.2. The molecule has 0 bridgehead atoms. The van der Waals surface area contributed by atoms with Crippen LogP contribution in [0.1, 0.15) is 6.92 Å². The normalized spacial score (nSPS) is 9.43. The van der Waals surface area contributed by atoms with Crippen molar-refractivity contribution in [2.24, 2.45) is 0 Å². The summed E-state index contributed by atoms with van der Waals surface area (Å²) in [5, 5.41) is 20.2. The summed E-state index contributed by atoms with van der Waals surface area (Å²) in [6.45, 7) is 8.69. The fraction of sp³-hybridized carbons (Fsp3) is 0.600. The van der Waals surface area contributed by atoms with Crippen molar-refractivity contribution >= 4 is 0 Å². The van der Waals surface area contributed by atoms with E-state index in [9.17, 15) is 0 Å². The highest BCUT2D eigenvalue weighted by molar-refractivity contribution is 5.02. The van der Waals surface area contributed by atoms with E-state index in [2.05, 4.69) is 11.9 Å². The highest BCUT2D eigenvalue weighted by Gasteiger charge is 2.04. The Kier molecular flexibility index (Phi) is 7.45. The van der Waals surface area contributed by atoms with E-state index < -0.39 is 0 Å². The highest BCUT2D eigenvalue weighted by Crippen LogP contribution is 1.94. The molecule has 0 fully saturated rings. The minimum atomic E-state index is 0.276. The molecular weight excluding hydrogens is 176 g/mol. The van der Waals surface area contributed by atoms with Gasteiger partial charge in [0.1, 0.15) is 0 Å². The van der Waals surface area contributed by atoms with Crippen LogP contribution in [0.2, 0.25) is 0 Å². The zero-order valence-electron chi connectivity index (χ0n) is 8.58. The van der Waals surface area contributed by atoms with Crippen molar-refractivity contribution in [1.29, 1.82) is 10.5 Å². The summed E-state index contributed by atoms with van der Waals surface area (Å²) < 4.78 is 0. The fourth-order valence-corrected chi connectivity index (χ4v) is 1.04. The predicted molar refractivity (Wildman–Crippen MR) is 55.3 cm³/mol. The van der Waals surface area contributed by atoms with Gasteiger partial charge in [0.25, 0.3) is 0 Å². The fourth-order valence-electron chi connectivity index (χ4n) is 1.04. The molecule has 0 aliphatic rings. The molecule has 0 amide bonds. The smallest absolute Gasteiger partial charge is 0.0877 e. The van der Waals surface area contributed by atoms with Gasteiger partial charge in [0, 0.05) is 13.1 Å². The Morgan fingerprint density at radius 3 is 2.36 bits per heavy atom. The molecule has 0 aromatic rings. The molecule has 0 saturated heterocycles. The monoisotopic (exact) mass is 192 g/mol. The quantitative estimate of drug-likeness (QED) is 0.471. The maximum absolute atomic E-state index is 8.51. The van der Waals surface area contributed by atoms with Crippen LogP contribution < -0.4 is 5.32 Å². The number of likely N-dealkylation sites (N-methyl/N-ethyl adjacent to an activating group) is 1. The second-order valence-corrected chi connectivity index (χ2v) is 2.99. The van der Waals surface area contributed by atoms with Crippen LogP contribution in [0.5, 0.6) is 0 Å². The molecule has 0 aliphatic heterocycles. The Morgan fingerprint density at radius 2 is 1.93 bits per heavy atom. The van der Waals surface area contributed by atoms with Crippen LogP contribution in [0.15, 0.2) is 12.2 Å². The summed E-state index contributed by atoms with van der Waals surface area (Å²) in [7, 11) is 0. The number of hydrogen-bond donors (Lipinski definition) is 1. The van der Waals surface area contributed by atoms with Gasteiger partial charge in [-0.25, -0.2) is 0 Å². The second-order valence-electron chi connectivity index (χ2n) is 2.99. The van der Waals surface area contributed by atoms with E-state index in [1.54, 1.807) is 4.90 Å². The summed E-state index contributed by atoms with van der Waals surface area (Å²) in [5.41, 5.74) is 0.998. The van der Waals surface area contributed by atoms with Crippen LogP contribution in [0.25, 0.3) is 0 Å². The van der Waals surface area contributed by atoms with Gasteiger partial charge in [-0.1, -0.05) is 13.5 Å². The third-order valence-corrected chi connectivity index (χ3v) is 1.66. The predicted octanol–water partition coefficient (Wildman–Crippen LogP) is 0.501. The van der Waals surface area contributed by atoms with Crippen LogP contribution >= 0.6 is 0 Å². The maximum Gasteiger partial charge on any atom is 0.0877 e. The summed E-state index contributed by atoms with van der Waals surface area (Å²) in [4.78, 5) is 1.76. The van der Waals surface area contributed by atoms with Crippen LogP contribution in [-0.4, -0.2) is 37.6 Å². The zero-order valence-corrected chi connectivity index (χ0v) is 8.58. The second kappa shape index (κ2) is 8.25. The molecule has 0 atom stereocenters. The maximum atomic E-state index is 8.51. The highest BCUT2D eigenvalue weighted by atomic mass is 15.1. The Hall–Kier alpha value is -1.36. The third kappa shape index (κ3) is 6.19. The van der Waals surface area contributed by atoms with Crippen molar-refractivity contribution in [3.63, 3.8) is 0 Å². The first-order valence-corrected chi connectivity index (χ1v) is 4.58. The average molecular weight is 192 g/mol. The lowest BCUT2D eigenvalue weighted by molar-refractivity contribution is 0.369. The van der Waals surface area contributed by atoms with Gasteiger partial charge in [-0.2, -0.15) is 10.5 Å². The molecule has 4 nitrogen and oxygen atoms in total. The van der Waals surface area contributed by atoms with E-state index in [0.717, 1.165) is 18.7 Å². The first-order chi connectivity index (χ1) is 6.74. The minimum absolute atomic E-state index is 0.276. The van der Waals surface area contributed by atoms with E-state index in [1.807, 2.05) is 19.1 Å². The molecule has 0 unspecified atom stereocenters. The van der Waals surface area contributed by atoms with E-state index in [4.69, 9.17) is 10.5 Å². The summed E-state index contributed by atoms with van der Waals surface area (Å²) >= 11 is 0. The van der Waals surface area contributed by atoms with Crippen molar-refractivity contribution in [3.8, 4) is 12.1 Å². The first-order valence-electron chi connectivity index (χ1n) is 4.58. The van der Waals surface area contributed by atoms with Crippen molar-refractivity contribution < 1.29 is 0 Å². The van der Waals surface area contributed by atoms with E-state index in [1.165, 1.54) is 0 Å². The van der Waals surface area contributed by atoms with Gasteiger partial charge in [0.15, 0.2) is 0 Å². The molecule has 0 saturated carbocycles. The largest absolute Gasteiger partial charge is 0.313 e. The van der Waals surface area contributed by atoms with Gasteiger partial charge in [0.05, 0.1) is 25.2 Å². The molecule has 76 valence electrons. The standard InChI is InChI=1S/C10H16N4/c1-3-13-8-10(2)9-14(6-4-11)7-5-12/h13H,2-3,6-9H2,1H3. The Labute approximate surface area is 85.4 Å². The van der Waals surface area contributed by atoms with Crippen LogP contribution in [-0.2, 0) is 0 Å². The molecule has 0 aromatic carbocycles. The van der Waals surface area contributed by atoms with Crippen LogP contribution in [0.4, 0.5) is 0 Å². The number of hydrogen-bond acceptors (Lipinski definition) is 4. The molecule has 0 radical (unpaired) electrons. The molecule has 14 heavy (non-hydrogen) atoms. The Morgan fingerprint density at radius 1 is 1.36 bits per heavy atom. The Balaban J connectivity index is 3.85. The number of nitrogens with one attached hydrogen (secondary N) is 1. The van der Waals surface area contributed by atoms with Gasteiger partial charge in [0.2, 0.25) is 0 Å². The molecule has 0 rings (SSSR count). The van der Waals surface area contributed by atoms with Crippen molar-refractivity contribution in [2.75, 3.05) is 32.7 Å². The molecule has 0 aromatic heterocycles. The van der Waals surface area contributed by atoms with E-state index in [0.29, 0.717) is 6.54 Å². The summed E-state index contributed by atoms with van der Waals surface area (Å²) in [5.74, 6) is 0. The number of rotatable bonds is 7. The van der Waals surface area contributed by atoms with Crippen LogP contribution in [0.3, 0.4) is 0 Å². The SMILES string of the molecule is C=C(CNCC)CN(CC#N)CC#N. The number of nitrogens with zero attached hydrogens (tertiary/aromatic N) is 3. The van der Waals surface area contributed by atoms with Crippen LogP contribution in [0, 0.1) is 22.7 Å². The third-order valence-electron chi connectivity index (χ3n) is 1.66. The summed E-state index contributed by atoms with van der Waals surface area (Å²) in [6, 6.07) is 4.05. The molecule has 0 aliphatic carbocycles. The lowest BCUT2D eigenvalue weighted by Gasteiger charge is -2.16. The van der Waals surface area contributed by atoms with E-state index in [-0.39, 0.29) is 13.1 Å². The van der Waals surface area contributed by atoms with Crippen molar-refractivity contribution in [3.05, 3.63) is 12.2 Å². The molecular formula is C10H16N4. The average Bonchev–Trinajstić information content (AvgIpc) is 2.15. The first kappa shape index (κ1) is 12.6. The van der Waals surface area contributed by atoms with Gasteiger partial charge in [-0.3, -0.25) is 4.90 Å². The lowest BCUT2D eigenvalue weighted by Crippen LogP contribution is -2.29. The van der Waals surface area contributed by atoms with Gasteiger partial charge in [-0.05, 0) is 12.1 Å². The van der Waals surface area contributed by atoms with Gasteiger partial charge < -0.3 is 5.32 Å². The van der Waals surface area contributed by atoms with Crippen molar-refractivity contribution in [1.82, 2.24) is 10.2 Å². The summed E-state index contributed by atoms with van der Waals surface area (Å²) in [6.07, 6.45) is 0. The zero-order chi connectivity index (χ0) is 10.8. The van der Waals surface area contributed by atoms with Gasteiger partial charge >= 0.3 is 0 Å².